The van der Waals surface area contributed by atoms with E-state index in [0.29, 0.717) is 0 Å². The summed E-state index contributed by atoms with van der Waals surface area (Å²) in [6.45, 7) is -1.82. The summed E-state index contributed by atoms with van der Waals surface area (Å²) >= 11 is 0. The van der Waals surface area contributed by atoms with Crippen LogP contribution in [0.2, 0.25) is 0 Å². The van der Waals surface area contributed by atoms with E-state index in [0.717, 1.165) is 0 Å². The van der Waals surface area contributed by atoms with Crippen LogP contribution in [0.15, 0.2) is 0 Å². The predicted octanol–water partition coefficient (Wildman–Crippen LogP) is -3.99. The molecule has 120 valence electrons. The normalized spacial score (nSPS) is 36.0. The maximum Gasteiger partial charge on any atom is 0.397 e. The Balaban J connectivity index is 2.76. The molecule has 0 spiro atoms. The molecule has 1 aliphatic heterocycles. The summed E-state index contributed by atoms with van der Waals surface area (Å²) < 4.78 is 68.6. The van der Waals surface area contributed by atoms with E-state index in [1.807, 2.05) is 0 Å². The lowest BCUT2D eigenvalue weighted by Gasteiger charge is -2.42. The van der Waals surface area contributed by atoms with Crippen LogP contribution in [0.4, 0.5) is 0 Å². The van der Waals surface area contributed by atoms with Crippen molar-refractivity contribution < 1.29 is 50.2 Å². The number of rotatable bonds is 5. The van der Waals surface area contributed by atoms with Crippen LogP contribution >= 0.6 is 0 Å². The van der Waals surface area contributed by atoms with Crippen molar-refractivity contribution in [3.63, 3.8) is 0 Å². The van der Waals surface area contributed by atoms with Crippen LogP contribution in [0.5, 0.6) is 0 Å². The lowest BCUT2D eigenvalue weighted by Crippen LogP contribution is -2.69. The Labute approximate surface area is 113 Å². The van der Waals surface area contributed by atoms with Gasteiger partial charge < -0.3 is 20.1 Å². The third kappa shape index (κ3) is 4.85. The number of nitrogens with one attached hydrogen (secondary N) is 1. The molecule has 0 saturated carbocycles. The lowest BCUT2D eigenvalue weighted by molar-refractivity contribution is -0.242. The monoisotopic (exact) mass is 339 g/mol. The van der Waals surface area contributed by atoms with Crippen molar-refractivity contribution in [1.29, 1.82) is 0 Å². The fraction of sp³-hybridized carbons (Fsp3) is 1.00. The van der Waals surface area contributed by atoms with E-state index in [2.05, 4.69) is 4.18 Å². The molecule has 1 rings (SSSR count). The first kappa shape index (κ1) is 17.6. The summed E-state index contributed by atoms with van der Waals surface area (Å²) in [5, 5.41) is 28.8. The Morgan fingerprint density at radius 3 is 2.25 bits per heavy atom. The van der Waals surface area contributed by atoms with Gasteiger partial charge in [-0.3, -0.25) is 9.11 Å². The van der Waals surface area contributed by atoms with Gasteiger partial charge in [-0.05, 0) is 0 Å². The average molecular weight is 339 g/mol. The molecule has 1 aliphatic rings. The van der Waals surface area contributed by atoms with Gasteiger partial charge in [0.25, 0.3) is 0 Å². The molecule has 0 aliphatic carbocycles. The third-order valence-electron chi connectivity index (χ3n) is 2.40. The van der Waals surface area contributed by atoms with Crippen LogP contribution < -0.4 is 4.72 Å². The van der Waals surface area contributed by atoms with E-state index >= 15 is 0 Å². The average Bonchev–Trinajstić information content (AvgIpc) is 2.21. The standard InChI is InChI=1S/C6H13NO11S2/c8-4-3(1-18-20(14,15)16)17-2-6(10,5(4)9)7-19(11,12)13/h3-5,7-10H,1-2H2,(H,11,12,13)(H,14,15,16)/t3-,4-,5+,6+/m1/s1. The van der Waals surface area contributed by atoms with Gasteiger partial charge in [0.2, 0.25) is 0 Å². The molecular weight excluding hydrogens is 326 g/mol. The molecule has 0 unspecified atom stereocenters. The van der Waals surface area contributed by atoms with E-state index in [-0.39, 0.29) is 0 Å². The number of hydrogen-bond donors (Lipinski definition) is 6. The zero-order valence-corrected chi connectivity index (χ0v) is 11.3. The Kier molecular flexibility index (Phi) is 5.08. The number of aliphatic hydroxyl groups is 3. The number of ether oxygens (including phenoxy) is 1. The first-order valence-corrected chi connectivity index (χ1v) is 7.73. The van der Waals surface area contributed by atoms with Crippen LogP contribution in [-0.4, -0.2) is 78.5 Å². The molecule has 0 aromatic carbocycles. The van der Waals surface area contributed by atoms with Gasteiger partial charge >= 0.3 is 20.7 Å². The molecule has 0 bridgehead atoms. The second-order valence-corrected chi connectivity index (χ2v) is 6.24. The van der Waals surface area contributed by atoms with Crippen molar-refractivity contribution in [2.45, 2.75) is 24.0 Å². The molecule has 4 atom stereocenters. The highest BCUT2D eigenvalue weighted by atomic mass is 32.3. The maximum atomic E-state index is 10.6. The zero-order valence-electron chi connectivity index (χ0n) is 9.65. The highest BCUT2D eigenvalue weighted by Crippen LogP contribution is 2.23. The van der Waals surface area contributed by atoms with E-state index < -0.39 is 58.0 Å². The van der Waals surface area contributed by atoms with Gasteiger partial charge in [-0.25, -0.2) is 4.18 Å². The minimum Gasteiger partial charge on any atom is -0.387 e. The minimum absolute atomic E-state index is 0.890. The van der Waals surface area contributed by atoms with Crippen LogP contribution in [0, 0.1) is 0 Å². The first-order valence-electron chi connectivity index (χ1n) is 4.92. The molecule has 0 amide bonds. The van der Waals surface area contributed by atoms with Gasteiger partial charge in [0.1, 0.15) is 18.3 Å². The van der Waals surface area contributed by atoms with E-state index in [1.54, 1.807) is 0 Å². The topological polar surface area (TPSA) is 200 Å². The molecule has 0 aromatic rings. The van der Waals surface area contributed by atoms with Crippen LogP contribution in [0.1, 0.15) is 0 Å². The second-order valence-electron chi connectivity index (χ2n) is 4.00. The van der Waals surface area contributed by atoms with Crippen molar-refractivity contribution in [1.82, 2.24) is 4.72 Å². The SMILES string of the molecule is O=S(=O)(O)N[C@]1(O)CO[C@H](COS(=O)(=O)O)[C@@H](O)[C@@H]1O. The summed E-state index contributed by atoms with van der Waals surface area (Å²) in [4.78, 5) is 0. The van der Waals surface area contributed by atoms with E-state index in [1.165, 1.54) is 4.72 Å². The molecule has 12 nitrogen and oxygen atoms in total. The number of hydrogen-bond acceptors (Lipinski definition) is 9. The summed E-state index contributed by atoms with van der Waals surface area (Å²) in [5.74, 6) is 0. The van der Waals surface area contributed by atoms with Crippen molar-refractivity contribution in [2.24, 2.45) is 0 Å². The minimum atomic E-state index is -4.91. The van der Waals surface area contributed by atoms with Gasteiger partial charge in [-0.2, -0.15) is 21.6 Å². The van der Waals surface area contributed by atoms with Crippen molar-refractivity contribution >= 4 is 20.7 Å². The lowest BCUT2D eigenvalue weighted by atomic mass is 9.96. The van der Waals surface area contributed by atoms with Gasteiger partial charge in [0.15, 0.2) is 5.72 Å². The summed E-state index contributed by atoms with van der Waals surface area (Å²) in [6.07, 6.45) is -5.60. The molecule has 0 radical (unpaired) electrons. The molecule has 14 heteroatoms. The van der Waals surface area contributed by atoms with Gasteiger partial charge in [-0.15, -0.1) is 0 Å². The largest absolute Gasteiger partial charge is 0.397 e. The molecule has 1 fully saturated rings. The quantitative estimate of drug-likeness (QED) is 0.211. The van der Waals surface area contributed by atoms with E-state index in [4.69, 9.17) is 13.8 Å². The van der Waals surface area contributed by atoms with Crippen molar-refractivity contribution in [2.75, 3.05) is 13.2 Å². The Morgan fingerprint density at radius 1 is 1.25 bits per heavy atom. The van der Waals surface area contributed by atoms with Crippen molar-refractivity contribution in [3.05, 3.63) is 0 Å². The fourth-order valence-electron chi connectivity index (χ4n) is 1.52. The van der Waals surface area contributed by atoms with Crippen molar-refractivity contribution in [3.8, 4) is 0 Å². The summed E-state index contributed by atoms with van der Waals surface area (Å²) in [7, 11) is -9.72. The molecular formula is C6H13NO11S2. The predicted molar refractivity (Wildman–Crippen MR) is 58.9 cm³/mol. The van der Waals surface area contributed by atoms with E-state index in [9.17, 15) is 32.2 Å². The Bertz CT molecular complexity index is 543. The van der Waals surface area contributed by atoms with Crippen LogP contribution in [0.25, 0.3) is 0 Å². The highest BCUT2D eigenvalue weighted by molar-refractivity contribution is 7.83. The summed E-state index contributed by atoms with van der Waals surface area (Å²) in [6, 6.07) is 0. The van der Waals surface area contributed by atoms with Crippen LogP contribution in [-0.2, 0) is 29.6 Å². The first-order chi connectivity index (χ1) is 8.84. The number of aliphatic hydroxyl groups excluding tert-OH is 2. The van der Waals surface area contributed by atoms with Gasteiger partial charge in [0.05, 0.1) is 13.2 Å². The third-order valence-corrected chi connectivity index (χ3v) is 3.44. The molecule has 1 saturated heterocycles. The van der Waals surface area contributed by atoms with Crippen LogP contribution in [0.3, 0.4) is 0 Å². The smallest absolute Gasteiger partial charge is 0.387 e. The Morgan fingerprint density at radius 2 is 1.80 bits per heavy atom. The molecule has 6 N–H and O–H groups in total. The zero-order chi connectivity index (χ0) is 15.8. The van der Waals surface area contributed by atoms with Gasteiger partial charge in [-0.1, -0.05) is 0 Å². The second kappa shape index (κ2) is 5.76. The molecule has 1 heterocycles. The summed E-state index contributed by atoms with van der Waals surface area (Å²) in [5.41, 5.74) is -2.72. The highest BCUT2D eigenvalue weighted by Gasteiger charge is 2.50. The Hall–Kier alpha value is -0.420. The molecule has 20 heavy (non-hydrogen) atoms. The molecule has 0 aromatic heterocycles. The van der Waals surface area contributed by atoms with Gasteiger partial charge in [0, 0.05) is 0 Å². The fourth-order valence-corrected chi connectivity index (χ4v) is 2.45. The maximum absolute atomic E-state index is 10.6.